The molecule has 2 unspecified atom stereocenters. The maximum absolute atomic E-state index is 11.9. The molecule has 1 aliphatic carbocycles. The van der Waals surface area contributed by atoms with Crippen molar-refractivity contribution in [3.8, 4) is 0 Å². The molecule has 0 aromatic heterocycles. The fourth-order valence-electron chi connectivity index (χ4n) is 3.02. The first-order chi connectivity index (χ1) is 13.6. The molecule has 2 aromatic rings. The standard InChI is InChI=1S/C23H28N2O3/c1-17-13-21(17)23(27)24-12-11-22(26)25-14-18-7-9-20(10-8-18)16-28-15-19-5-3-2-4-6-19/h2-10,17,21H,11-16H2,1H3,(H,24,27)(H,25,26). The summed E-state index contributed by atoms with van der Waals surface area (Å²) in [4.78, 5) is 23.6. The van der Waals surface area contributed by atoms with Gasteiger partial charge in [-0.1, -0.05) is 61.5 Å². The van der Waals surface area contributed by atoms with Crippen molar-refractivity contribution in [1.82, 2.24) is 10.6 Å². The zero-order valence-electron chi connectivity index (χ0n) is 16.3. The third-order valence-corrected chi connectivity index (χ3v) is 4.99. The van der Waals surface area contributed by atoms with Crippen LogP contribution in [-0.2, 0) is 34.1 Å². The van der Waals surface area contributed by atoms with Crippen LogP contribution in [-0.4, -0.2) is 18.4 Å². The molecule has 0 heterocycles. The Hall–Kier alpha value is -2.66. The van der Waals surface area contributed by atoms with Crippen LogP contribution in [0.5, 0.6) is 0 Å². The molecule has 1 fully saturated rings. The van der Waals surface area contributed by atoms with Crippen molar-refractivity contribution in [2.45, 2.75) is 39.5 Å². The van der Waals surface area contributed by atoms with Crippen LogP contribution in [0.1, 0.15) is 36.5 Å². The second-order valence-electron chi connectivity index (χ2n) is 7.43. The van der Waals surface area contributed by atoms with Gasteiger partial charge in [-0.2, -0.15) is 0 Å². The minimum Gasteiger partial charge on any atom is -0.372 e. The van der Waals surface area contributed by atoms with Gasteiger partial charge < -0.3 is 15.4 Å². The summed E-state index contributed by atoms with van der Waals surface area (Å²) in [6.45, 7) is 4.09. The zero-order valence-corrected chi connectivity index (χ0v) is 16.3. The lowest BCUT2D eigenvalue weighted by molar-refractivity contribution is -0.123. The molecule has 0 spiro atoms. The zero-order chi connectivity index (χ0) is 19.8. The molecule has 2 N–H and O–H groups in total. The summed E-state index contributed by atoms with van der Waals surface area (Å²) in [7, 11) is 0. The lowest BCUT2D eigenvalue weighted by Crippen LogP contribution is -2.31. The summed E-state index contributed by atoms with van der Waals surface area (Å²) in [6.07, 6.45) is 1.27. The molecule has 1 aliphatic rings. The number of carbonyl (C=O) groups is 2. The molecule has 2 aromatic carbocycles. The average molecular weight is 380 g/mol. The summed E-state index contributed by atoms with van der Waals surface area (Å²) in [6, 6.07) is 18.1. The minimum atomic E-state index is -0.0561. The van der Waals surface area contributed by atoms with Crippen molar-refractivity contribution in [3.63, 3.8) is 0 Å². The summed E-state index contributed by atoms with van der Waals surface area (Å²) in [5.41, 5.74) is 3.30. The summed E-state index contributed by atoms with van der Waals surface area (Å²) in [5, 5.41) is 5.72. The van der Waals surface area contributed by atoms with Gasteiger partial charge in [0.25, 0.3) is 0 Å². The Labute approximate surface area is 166 Å². The van der Waals surface area contributed by atoms with E-state index in [0.29, 0.717) is 38.6 Å². The van der Waals surface area contributed by atoms with Gasteiger partial charge in [-0.05, 0) is 29.0 Å². The van der Waals surface area contributed by atoms with Crippen molar-refractivity contribution in [2.24, 2.45) is 11.8 Å². The third-order valence-electron chi connectivity index (χ3n) is 4.99. The molecule has 3 rings (SSSR count). The van der Waals surface area contributed by atoms with E-state index in [-0.39, 0.29) is 17.7 Å². The van der Waals surface area contributed by atoms with Gasteiger partial charge in [-0.25, -0.2) is 0 Å². The van der Waals surface area contributed by atoms with E-state index < -0.39 is 0 Å². The van der Waals surface area contributed by atoms with Crippen molar-refractivity contribution in [2.75, 3.05) is 6.54 Å². The predicted octanol–water partition coefficient (Wildman–Crippen LogP) is 3.18. The van der Waals surface area contributed by atoms with Gasteiger partial charge in [0.1, 0.15) is 0 Å². The molecular formula is C23H28N2O3. The quantitative estimate of drug-likeness (QED) is 0.665. The number of hydrogen-bond donors (Lipinski definition) is 2. The highest BCUT2D eigenvalue weighted by atomic mass is 16.5. The molecule has 28 heavy (non-hydrogen) atoms. The van der Waals surface area contributed by atoms with Gasteiger partial charge in [0.05, 0.1) is 13.2 Å². The normalized spacial score (nSPS) is 17.8. The average Bonchev–Trinajstić information content (AvgIpc) is 3.45. The summed E-state index contributed by atoms with van der Waals surface area (Å²) < 4.78 is 5.73. The van der Waals surface area contributed by atoms with E-state index in [1.54, 1.807) is 0 Å². The molecule has 0 aliphatic heterocycles. The number of hydrogen-bond acceptors (Lipinski definition) is 3. The van der Waals surface area contributed by atoms with E-state index in [1.807, 2.05) is 54.6 Å². The predicted molar refractivity (Wildman–Crippen MR) is 108 cm³/mol. The SMILES string of the molecule is CC1CC1C(=O)NCCC(=O)NCc1ccc(COCc2ccccc2)cc1. The van der Waals surface area contributed by atoms with Crippen LogP contribution in [0.25, 0.3) is 0 Å². The van der Waals surface area contributed by atoms with Gasteiger partial charge in [0.2, 0.25) is 11.8 Å². The first kappa shape index (κ1) is 20.1. The van der Waals surface area contributed by atoms with Crippen LogP contribution in [0.4, 0.5) is 0 Å². The van der Waals surface area contributed by atoms with Gasteiger partial charge in [0.15, 0.2) is 0 Å². The number of amides is 2. The highest BCUT2D eigenvalue weighted by molar-refractivity contribution is 5.82. The van der Waals surface area contributed by atoms with Crippen molar-refractivity contribution in [1.29, 1.82) is 0 Å². The summed E-state index contributed by atoms with van der Waals surface area (Å²) in [5.74, 6) is 0.656. The molecule has 148 valence electrons. The first-order valence-electron chi connectivity index (χ1n) is 9.85. The Bertz CT molecular complexity index is 774. The third kappa shape index (κ3) is 6.50. The highest BCUT2D eigenvalue weighted by Gasteiger charge is 2.38. The van der Waals surface area contributed by atoms with Crippen molar-refractivity contribution < 1.29 is 14.3 Å². The Kier molecular flexibility index (Phi) is 7.20. The summed E-state index contributed by atoms with van der Waals surface area (Å²) >= 11 is 0. The van der Waals surface area contributed by atoms with E-state index >= 15 is 0 Å². The lowest BCUT2D eigenvalue weighted by Gasteiger charge is -2.08. The fourth-order valence-corrected chi connectivity index (χ4v) is 3.02. The smallest absolute Gasteiger partial charge is 0.223 e. The van der Waals surface area contributed by atoms with Crippen molar-refractivity contribution in [3.05, 3.63) is 71.3 Å². The van der Waals surface area contributed by atoms with Gasteiger partial charge >= 0.3 is 0 Å². The lowest BCUT2D eigenvalue weighted by atomic mass is 10.1. The van der Waals surface area contributed by atoms with Crippen LogP contribution < -0.4 is 10.6 Å². The van der Waals surface area contributed by atoms with Crippen LogP contribution >= 0.6 is 0 Å². The van der Waals surface area contributed by atoms with E-state index in [4.69, 9.17) is 4.74 Å². The van der Waals surface area contributed by atoms with Crippen molar-refractivity contribution >= 4 is 11.8 Å². The van der Waals surface area contributed by atoms with Crippen LogP contribution in [0.15, 0.2) is 54.6 Å². The Morgan fingerprint density at radius 1 is 0.929 bits per heavy atom. The molecule has 0 saturated heterocycles. The van der Waals surface area contributed by atoms with Crippen LogP contribution in [0.2, 0.25) is 0 Å². The second-order valence-corrected chi connectivity index (χ2v) is 7.43. The topological polar surface area (TPSA) is 67.4 Å². The van der Waals surface area contributed by atoms with E-state index in [9.17, 15) is 9.59 Å². The monoisotopic (exact) mass is 380 g/mol. The van der Waals surface area contributed by atoms with E-state index in [2.05, 4.69) is 17.6 Å². The largest absolute Gasteiger partial charge is 0.372 e. The second kappa shape index (κ2) is 10.0. The molecule has 5 nitrogen and oxygen atoms in total. The van der Waals surface area contributed by atoms with Crippen LogP contribution in [0.3, 0.4) is 0 Å². The fraction of sp³-hybridized carbons (Fsp3) is 0.391. The number of ether oxygens (including phenoxy) is 1. The van der Waals surface area contributed by atoms with E-state index in [0.717, 1.165) is 23.1 Å². The number of rotatable bonds is 10. The Balaban J connectivity index is 1.30. The molecule has 0 bridgehead atoms. The Morgan fingerprint density at radius 2 is 1.54 bits per heavy atom. The maximum Gasteiger partial charge on any atom is 0.223 e. The minimum absolute atomic E-state index is 0.0561. The molecular weight excluding hydrogens is 352 g/mol. The van der Waals surface area contributed by atoms with Gasteiger partial charge in [-0.3, -0.25) is 9.59 Å². The Morgan fingerprint density at radius 3 is 2.18 bits per heavy atom. The molecule has 1 saturated carbocycles. The van der Waals surface area contributed by atoms with E-state index in [1.165, 1.54) is 0 Å². The van der Waals surface area contributed by atoms with Gasteiger partial charge in [-0.15, -0.1) is 0 Å². The number of carbonyl (C=O) groups excluding carboxylic acids is 2. The number of benzene rings is 2. The molecule has 2 amide bonds. The number of nitrogens with one attached hydrogen (secondary N) is 2. The molecule has 0 radical (unpaired) electrons. The highest BCUT2D eigenvalue weighted by Crippen LogP contribution is 2.37. The van der Waals surface area contributed by atoms with Crippen LogP contribution in [0, 0.1) is 11.8 Å². The first-order valence-corrected chi connectivity index (χ1v) is 9.85. The molecule has 2 atom stereocenters. The maximum atomic E-state index is 11.9. The van der Waals surface area contributed by atoms with Gasteiger partial charge in [0, 0.05) is 25.4 Å². The molecule has 5 heteroatoms.